The van der Waals surface area contributed by atoms with Gasteiger partial charge in [-0.25, -0.2) is 9.36 Å². The Morgan fingerprint density at radius 3 is 1.70 bits per heavy atom. The van der Waals surface area contributed by atoms with Gasteiger partial charge in [0.2, 0.25) is 0 Å². The molecule has 10 heteroatoms. The first-order valence-electron chi connectivity index (χ1n) is 21.7. The van der Waals surface area contributed by atoms with E-state index in [-0.39, 0.29) is 19.6 Å². The molecule has 0 fully saturated rings. The minimum atomic E-state index is -4.41. The van der Waals surface area contributed by atoms with Crippen molar-refractivity contribution in [3.8, 4) is 0 Å². The Morgan fingerprint density at radius 2 is 1.12 bits per heavy atom. The highest BCUT2D eigenvalue weighted by Crippen LogP contribution is 2.43. The van der Waals surface area contributed by atoms with Gasteiger partial charge in [-0.15, -0.1) is 0 Å². The van der Waals surface area contributed by atoms with Crippen molar-refractivity contribution in [2.75, 3.05) is 47.5 Å². The predicted octanol–water partition coefficient (Wildman–Crippen LogP) is 12.2. The number of ether oxygens (including phenoxy) is 2. The molecule has 1 unspecified atom stereocenters. The number of carbonyl (C=O) groups excluding carboxylic acids is 2. The van der Waals surface area contributed by atoms with Crippen molar-refractivity contribution in [1.29, 1.82) is 0 Å². The molecule has 0 aromatic heterocycles. The summed E-state index contributed by atoms with van der Waals surface area (Å²) in [6, 6.07) is 0. The Balaban J connectivity index is 4.54. The maximum atomic E-state index is 12.6. The Morgan fingerprint density at radius 1 is 0.607 bits per heavy atom. The largest absolute Gasteiger partial charge is 0.472 e. The van der Waals surface area contributed by atoms with Crippen molar-refractivity contribution in [1.82, 2.24) is 0 Å². The smallest absolute Gasteiger partial charge is 0.462 e. The van der Waals surface area contributed by atoms with E-state index < -0.39 is 32.5 Å². The molecule has 2 atom stereocenters. The molecule has 0 aliphatic heterocycles. The van der Waals surface area contributed by atoms with E-state index in [1.807, 2.05) is 33.3 Å². The molecule has 322 valence electrons. The van der Waals surface area contributed by atoms with Crippen LogP contribution in [-0.2, 0) is 32.7 Å². The zero-order valence-corrected chi connectivity index (χ0v) is 37.0. The quantitative estimate of drug-likeness (QED) is 0.0125. The average Bonchev–Trinajstić information content (AvgIpc) is 3.15. The molecule has 9 nitrogen and oxygen atoms in total. The van der Waals surface area contributed by atoms with Gasteiger partial charge in [0.05, 0.1) is 27.7 Å². The molecule has 0 saturated carbocycles. The third kappa shape index (κ3) is 41.1. The Labute approximate surface area is 342 Å². The fraction of sp³-hybridized carbons (Fsp3) is 0.696. The van der Waals surface area contributed by atoms with Crippen LogP contribution < -0.4 is 0 Å². The SMILES string of the molecule is CCC/C=C/C/C=C/C/C=C/C/C=C/CCCCCC(=O)OC[C@H](COP(=O)(O)OCC[N+](C)(C)C)OC(=O)/C=C/C=C/CCCCCCCCCCCCC. The second-order valence-electron chi connectivity index (χ2n) is 15.4. The lowest BCUT2D eigenvalue weighted by molar-refractivity contribution is -0.870. The van der Waals surface area contributed by atoms with Gasteiger partial charge in [-0.05, 0) is 57.8 Å². The first kappa shape index (κ1) is 53.5. The Hall–Kier alpha value is -2.55. The second kappa shape index (κ2) is 38.0. The number of likely N-dealkylation sites (N-methyl/N-ethyl adjacent to an activating group) is 1. The van der Waals surface area contributed by atoms with Crippen LogP contribution in [0.5, 0.6) is 0 Å². The first-order valence-corrected chi connectivity index (χ1v) is 23.2. The summed E-state index contributed by atoms with van der Waals surface area (Å²) in [5.74, 6) is -1.09. The maximum absolute atomic E-state index is 12.6. The first-order chi connectivity index (χ1) is 27.0. The summed E-state index contributed by atoms with van der Waals surface area (Å²) in [5.41, 5.74) is 0. The summed E-state index contributed by atoms with van der Waals surface area (Å²) in [5, 5.41) is 0. The molecule has 1 N–H and O–H groups in total. The van der Waals surface area contributed by atoms with Crippen LogP contribution >= 0.6 is 7.82 Å². The van der Waals surface area contributed by atoms with E-state index in [4.69, 9.17) is 18.5 Å². The van der Waals surface area contributed by atoms with Gasteiger partial charge in [0.1, 0.15) is 19.8 Å². The summed E-state index contributed by atoms with van der Waals surface area (Å²) in [6.07, 6.45) is 47.3. The summed E-state index contributed by atoms with van der Waals surface area (Å²) in [7, 11) is 1.39. The molecule has 0 heterocycles. The van der Waals surface area contributed by atoms with E-state index in [0.717, 1.165) is 57.8 Å². The maximum Gasteiger partial charge on any atom is 0.472 e. The van der Waals surface area contributed by atoms with Crippen LogP contribution in [-0.4, -0.2) is 74.9 Å². The van der Waals surface area contributed by atoms with Gasteiger partial charge < -0.3 is 18.9 Å². The summed E-state index contributed by atoms with van der Waals surface area (Å²) in [6.45, 7) is 4.17. The van der Waals surface area contributed by atoms with Crippen LogP contribution in [0, 0.1) is 0 Å². The predicted molar refractivity (Wildman–Crippen MR) is 233 cm³/mol. The molecular formula is C46H81NO8P+. The molecule has 0 radical (unpaired) electrons. The molecule has 0 aromatic carbocycles. The van der Waals surface area contributed by atoms with E-state index >= 15 is 0 Å². The lowest BCUT2D eigenvalue weighted by Crippen LogP contribution is -2.37. The van der Waals surface area contributed by atoms with Gasteiger partial charge in [0, 0.05) is 12.5 Å². The lowest BCUT2D eigenvalue weighted by atomic mass is 10.1. The number of nitrogens with zero attached hydrogens (tertiary/aromatic N) is 1. The van der Waals surface area contributed by atoms with Crippen LogP contribution in [0.2, 0.25) is 0 Å². The number of rotatable bonds is 38. The minimum absolute atomic E-state index is 0.00726. The van der Waals surface area contributed by atoms with Crippen molar-refractivity contribution in [3.63, 3.8) is 0 Å². The number of allylic oxidation sites excluding steroid dienone is 11. The van der Waals surface area contributed by atoms with Crippen molar-refractivity contribution in [3.05, 3.63) is 72.9 Å². The molecule has 0 rings (SSSR count). The van der Waals surface area contributed by atoms with Gasteiger partial charge in [-0.1, -0.05) is 158 Å². The number of hydrogen-bond donors (Lipinski definition) is 1. The second-order valence-corrected chi connectivity index (χ2v) is 16.9. The summed E-state index contributed by atoms with van der Waals surface area (Å²) >= 11 is 0. The Bertz CT molecular complexity index is 1180. The van der Waals surface area contributed by atoms with Gasteiger partial charge in [-0.2, -0.15) is 0 Å². The van der Waals surface area contributed by atoms with Gasteiger partial charge in [-0.3, -0.25) is 13.8 Å². The standard InChI is InChI=1S/C46H80NO8P/c1-6-8-10-12-14-16-18-20-22-23-25-26-28-30-32-34-36-38-45(48)52-42-44(43-54-56(50,51)53-41-40-47(3,4)5)55-46(49)39-37-35-33-31-29-27-24-21-19-17-15-13-11-9-7-2/h10,12,16,18,22-23,26,28,33,35,37,39,44H,6-9,11,13-15,17,19-21,24-25,27,29-32,34,36,38,40-43H2,1-5H3/p+1/b12-10+,18-16+,23-22+,28-26+,35-33+,39-37+/t44-/m1/s1. The fourth-order valence-electron chi connectivity index (χ4n) is 5.38. The Kier molecular flexibility index (Phi) is 36.3. The molecule has 0 aliphatic carbocycles. The molecule has 0 saturated heterocycles. The molecule has 0 aromatic rings. The number of unbranched alkanes of at least 4 members (excludes halogenated alkanes) is 15. The summed E-state index contributed by atoms with van der Waals surface area (Å²) in [4.78, 5) is 35.2. The molecule has 0 bridgehead atoms. The zero-order valence-electron chi connectivity index (χ0n) is 36.1. The van der Waals surface area contributed by atoms with Gasteiger partial charge in [0.15, 0.2) is 6.10 Å². The number of hydrogen-bond acceptors (Lipinski definition) is 7. The number of esters is 2. The van der Waals surface area contributed by atoms with E-state index in [2.05, 4.69) is 62.5 Å². The fourth-order valence-corrected chi connectivity index (χ4v) is 6.12. The van der Waals surface area contributed by atoms with Crippen LogP contribution in [0.3, 0.4) is 0 Å². The highest BCUT2D eigenvalue weighted by molar-refractivity contribution is 7.47. The number of phosphoric acid groups is 1. The van der Waals surface area contributed by atoms with Crippen molar-refractivity contribution in [2.24, 2.45) is 0 Å². The molecule has 0 amide bonds. The monoisotopic (exact) mass is 807 g/mol. The van der Waals surface area contributed by atoms with Crippen LogP contribution in [0.25, 0.3) is 0 Å². The number of quaternary nitrogens is 1. The van der Waals surface area contributed by atoms with E-state index in [0.29, 0.717) is 17.4 Å². The highest BCUT2D eigenvalue weighted by Gasteiger charge is 2.26. The molecule has 56 heavy (non-hydrogen) atoms. The topological polar surface area (TPSA) is 108 Å². The molecule has 0 aliphatic rings. The highest BCUT2D eigenvalue weighted by atomic mass is 31.2. The average molecular weight is 807 g/mol. The van der Waals surface area contributed by atoms with Crippen molar-refractivity contribution < 1.29 is 42.1 Å². The third-order valence-corrected chi connectivity index (χ3v) is 9.78. The van der Waals surface area contributed by atoms with Crippen LogP contribution in [0.4, 0.5) is 0 Å². The van der Waals surface area contributed by atoms with Gasteiger partial charge >= 0.3 is 19.8 Å². The van der Waals surface area contributed by atoms with Crippen molar-refractivity contribution >= 4 is 19.8 Å². The molecular weight excluding hydrogens is 725 g/mol. The number of carbonyl (C=O) groups is 2. The van der Waals surface area contributed by atoms with E-state index in [1.165, 1.54) is 76.7 Å². The van der Waals surface area contributed by atoms with Crippen LogP contribution in [0.1, 0.15) is 155 Å². The number of phosphoric ester groups is 1. The van der Waals surface area contributed by atoms with E-state index in [9.17, 15) is 19.0 Å². The summed E-state index contributed by atoms with van der Waals surface area (Å²) < 4.78 is 34.0. The lowest BCUT2D eigenvalue weighted by Gasteiger charge is -2.24. The van der Waals surface area contributed by atoms with E-state index in [1.54, 1.807) is 6.08 Å². The minimum Gasteiger partial charge on any atom is -0.462 e. The van der Waals surface area contributed by atoms with Crippen LogP contribution in [0.15, 0.2) is 72.9 Å². The normalized spacial score (nSPS) is 14.3. The zero-order chi connectivity index (χ0) is 41.4. The van der Waals surface area contributed by atoms with Gasteiger partial charge in [0.25, 0.3) is 0 Å². The third-order valence-electron chi connectivity index (χ3n) is 8.80. The molecule has 0 spiro atoms. The van der Waals surface area contributed by atoms with Crippen molar-refractivity contribution in [2.45, 2.75) is 161 Å².